The van der Waals surface area contributed by atoms with E-state index in [4.69, 9.17) is 4.74 Å². The Morgan fingerprint density at radius 2 is 2.13 bits per heavy atom. The van der Waals surface area contributed by atoms with E-state index in [1.54, 1.807) is 19.3 Å². The summed E-state index contributed by atoms with van der Waals surface area (Å²) in [5.41, 5.74) is 3.98. The molecule has 1 aromatic carbocycles. The monoisotopic (exact) mass is 418 g/mol. The molecule has 160 valence electrons. The van der Waals surface area contributed by atoms with E-state index in [0.29, 0.717) is 46.6 Å². The Balaban J connectivity index is 1.35. The number of carbonyl (C=O) groups is 2. The highest BCUT2D eigenvalue weighted by Crippen LogP contribution is 2.38. The number of hydrogen-bond acceptors (Lipinski definition) is 5. The number of aryl methyl sites for hydroxylation is 1. The molecule has 2 atom stereocenters. The molecule has 2 aliphatic rings. The summed E-state index contributed by atoms with van der Waals surface area (Å²) in [5, 5.41) is 3.06. The number of aromatic nitrogens is 3. The quantitative estimate of drug-likeness (QED) is 0.597. The van der Waals surface area contributed by atoms with Gasteiger partial charge in [-0.2, -0.15) is 0 Å². The number of fused-ring (bicyclic) bond motifs is 2. The predicted molar refractivity (Wildman–Crippen MR) is 116 cm³/mol. The van der Waals surface area contributed by atoms with Gasteiger partial charge in [-0.25, -0.2) is 9.97 Å². The van der Waals surface area contributed by atoms with E-state index < -0.39 is 0 Å². The zero-order valence-electron chi connectivity index (χ0n) is 17.8. The van der Waals surface area contributed by atoms with E-state index in [9.17, 15) is 9.59 Å². The van der Waals surface area contributed by atoms with Gasteiger partial charge in [0.2, 0.25) is 5.88 Å². The molecule has 0 aliphatic heterocycles. The Morgan fingerprint density at radius 1 is 1.29 bits per heavy atom. The van der Waals surface area contributed by atoms with E-state index in [1.807, 2.05) is 25.1 Å². The molecule has 0 unspecified atom stereocenters. The normalized spacial score (nSPS) is 18.6. The van der Waals surface area contributed by atoms with Gasteiger partial charge < -0.3 is 19.8 Å². The van der Waals surface area contributed by atoms with Crippen LogP contribution in [0.2, 0.25) is 0 Å². The average molecular weight is 418 g/mol. The maximum atomic E-state index is 12.7. The standard InChI is InChI=1S/C24H26N4O3/c1-13(29)9-16-5-6-17-10-18(7-8-19(16)17)31-21-12-26-23-22(28-21)20(11-25-23)24(30)27-14(2)15-3-4-15/h7-8,10-12,14-16H,3-6,9H2,1-2H3,(H,25,26)(H,27,30)/t14-,16+/m1/s1. The van der Waals surface area contributed by atoms with E-state index in [1.165, 1.54) is 24.0 Å². The minimum absolute atomic E-state index is 0.147. The van der Waals surface area contributed by atoms with Crippen molar-refractivity contribution < 1.29 is 14.3 Å². The first kappa shape index (κ1) is 19.7. The van der Waals surface area contributed by atoms with Crippen LogP contribution in [-0.2, 0) is 11.2 Å². The molecule has 3 aromatic rings. The van der Waals surface area contributed by atoms with Gasteiger partial charge in [0, 0.05) is 18.7 Å². The summed E-state index contributed by atoms with van der Waals surface area (Å²) in [4.78, 5) is 36.1. The van der Waals surface area contributed by atoms with Crippen LogP contribution in [0.5, 0.6) is 11.6 Å². The summed E-state index contributed by atoms with van der Waals surface area (Å²) in [7, 11) is 0. The van der Waals surface area contributed by atoms with Gasteiger partial charge in [0.15, 0.2) is 5.65 Å². The second-order valence-electron chi connectivity index (χ2n) is 8.81. The zero-order chi connectivity index (χ0) is 21.5. The van der Waals surface area contributed by atoms with Crippen molar-refractivity contribution in [2.45, 2.75) is 57.9 Å². The van der Waals surface area contributed by atoms with Gasteiger partial charge in [0.1, 0.15) is 17.0 Å². The molecule has 2 aromatic heterocycles. The second kappa shape index (κ2) is 7.80. The first-order chi connectivity index (χ1) is 15.0. The lowest BCUT2D eigenvalue weighted by atomic mass is 9.96. The summed E-state index contributed by atoms with van der Waals surface area (Å²) in [5.74, 6) is 1.98. The summed E-state index contributed by atoms with van der Waals surface area (Å²) in [6.45, 7) is 3.69. The van der Waals surface area contributed by atoms with Crippen LogP contribution in [0, 0.1) is 5.92 Å². The van der Waals surface area contributed by atoms with Crippen molar-refractivity contribution in [1.29, 1.82) is 0 Å². The number of ether oxygens (including phenoxy) is 1. The number of amides is 1. The number of Topliss-reactive ketones (excluding diaryl/α,β-unsaturated/α-hetero) is 1. The Bertz CT molecular complexity index is 1160. The predicted octanol–water partition coefficient (Wildman–Crippen LogP) is 4.29. The molecular weight excluding hydrogens is 392 g/mol. The van der Waals surface area contributed by atoms with Crippen molar-refractivity contribution >= 4 is 22.9 Å². The minimum atomic E-state index is -0.147. The van der Waals surface area contributed by atoms with Crippen LogP contribution < -0.4 is 10.1 Å². The van der Waals surface area contributed by atoms with Crippen molar-refractivity contribution in [3.63, 3.8) is 0 Å². The zero-order valence-corrected chi connectivity index (χ0v) is 17.8. The number of rotatable bonds is 7. The largest absolute Gasteiger partial charge is 0.437 e. The Hall–Kier alpha value is -3.22. The van der Waals surface area contributed by atoms with Gasteiger partial charge in [-0.15, -0.1) is 0 Å². The summed E-state index contributed by atoms with van der Waals surface area (Å²) in [6, 6.07) is 6.13. The molecule has 2 aliphatic carbocycles. The highest BCUT2D eigenvalue weighted by molar-refractivity contribution is 6.04. The Morgan fingerprint density at radius 3 is 2.90 bits per heavy atom. The topological polar surface area (TPSA) is 97.0 Å². The Labute approximate surface area is 180 Å². The fraction of sp³-hybridized carbons (Fsp3) is 0.417. The van der Waals surface area contributed by atoms with Crippen LogP contribution in [-0.4, -0.2) is 32.7 Å². The van der Waals surface area contributed by atoms with Crippen LogP contribution in [0.3, 0.4) is 0 Å². The van der Waals surface area contributed by atoms with Gasteiger partial charge in [0.25, 0.3) is 5.91 Å². The molecule has 0 saturated heterocycles. The Kier molecular flexibility index (Phi) is 4.96. The highest BCUT2D eigenvalue weighted by atomic mass is 16.5. The van der Waals surface area contributed by atoms with Gasteiger partial charge in [-0.3, -0.25) is 4.79 Å². The fourth-order valence-electron chi connectivity index (χ4n) is 4.52. The van der Waals surface area contributed by atoms with Crippen LogP contribution in [0.15, 0.2) is 30.6 Å². The number of H-pyrrole nitrogens is 1. The van der Waals surface area contributed by atoms with E-state index >= 15 is 0 Å². The van der Waals surface area contributed by atoms with Crippen LogP contribution in [0.25, 0.3) is 11.2 Å². The molecule has 1 fully saturated rings. The van der Waals surface area contributed by atoms with Gasteiger partial charge in [0.05, 0.1) is 11.8 Å². The van der Waals surface area contributed by atoms with Gasteiger partial charge in [-0.1, -0.05) is 6.07 Å². The number of nitrogens with one attached hydrogen (secondary N) is 2. The molecule has 0 bridgehead atoms. The minimum Gasteiger partial charge on any atom is -0.437 e. The molecule has 0 radical (unpaired) electrons. The molecule has 2 heterocycles. The molecule has 1 saturated carbocycles. The third-order valence-electron chi connectivity index (χ3n) is 6.36. The lowest BCUT2D eigenvalue weighted by Crippen LogP contribution is -2.33. The van der Waals surface area contributed by atoms with Crippen LogP contribution in [0.1, 0.15) is 66.9 Å². The van der Waals surface area contributed by atoms with E-state index in [-0.39, 0.29) is 17.7 Å². The molecule has 2 N–H and O–H groups in total. The van der Waals surface area contributed by atoms with Crippen molar-refractivity contribution in [3.05, 3.63) is 47.3 Å². The lowest BCUT2D eigenvalue weighted by Gasteiger charge is -2.12. The van der Waals surface area contributed by atoms with Crippen molar-refractivity contribution in [2.75, 3.05) is 0 Å². The maximum Gasteiger partial charge on any atom is 0.255 e. The number of carbonyl (C=O) groups excluding carboxylic acids is 2. The second-order valence-corrected chi connectivity index (χ2v) is 8.81. The smallest absolute Gasteiger partial charge is 0.255 e. The molecule has 31 heavy (non-hydrogen) atoms. The molecule has 1 amide bonds. The van der Waals surface area contributed by atoms with Crippen LogP contribution in [0.4, 0.5) is 0 Å². The SMILES string of the molecule is CC(=O)C[C@@H]1CCc2cc(Oc3cnc4[nH]cc(C(=O)N[C@H](C)C5CC5)c4n3)ccc21. The molecule has 0 spiro atoms. The van der Waals surface area contributed by atoms with Crippen molar-refractivity contribution in [2.24, 2.45) is 5.92 Å². The van der Waals surface area contributed by atoms with Crippen LogP contribution >= 0.6 is 0 Å². The fourth-order valence-corrected chi connectivity index (χ4v) is 4.52. The van der Waals surface area contributed by atoms with Gasteiger partial charge >= 0.3 is 0 Å². The number of nitrogens with zero attached hydrogens (tertiary/aromatic N) is 2. The molecule has 7 heteroatoms. The maximum absolute atomic E-state index is 12.7. The third-order valence-corrected chi connectivity index (χ3v) is 6.36. The molecular formula is C24H26N4O3. The number of ketones is 1. The molecule has 5 rings (SSSR count). The number of benzene rings is 1. The number of aromatic amines is 1. The van der Waals surface area contributed by atoms with Crippen molar-refractivity contribution in [3.8, 4) is 11.6 Å². The summed E-state index contributed by atoms with van der Waals surface area (Å²) >= 11 is 0. The average Bonchev–Trinajstić information content (AvgIpc) is 3.40. The summed E-state index contributed by atoms with van der Waals surface area (Å²) in [6.07, 6.45) is 8.06. The summed E-state index contributed by atoms with van der Waals surface area (Å²) < 4.78 is 5.98. The van der Waals surface area contributed by atoms with Gasteiger partial charge in [-0.05, 0) is 74.6 Å². The highest BCUT2D eigenvalue weighted by Gasteiger charge is 2.30. The van der Waals surface area contributed by atoms with Crippen molar-refractivity contribution in [1.82, 2.24) is 20.3 Å². The number of hydrogen-bond donors (Lipinski definition) is 2. The first-order valence-electron chi connectivity index (χ1n) is 10.9. The van der Waals surface area contributed by atoms with E-state index in [0.717, 1.165) is 12.8 Å². The van der Waals surface area contributed by atoms with E-state index in [2.05, 4.69) is 20.3 Å². The third kappa shape index (κ3) is 4.04. The first-order valence-corrected chi connectivity index (χ1v) is 10.9. The molecule has 7 nitrogen and oxygen atoms in total. The lowest BCUT2D eigenvalue weighted by molar-refractivity contribution is -0.117.